The number of para-hydroxylation sites is 2. The summed E-state index contributed by atoms with van der Waals surface area (Å²) < 4.78 is 2.41. The molecule has 50 heavy (non-hydrogen) atoms. The molecular formula is C48H42N2. The van der Waals surface area contributed by atoms with Crippen molar-refractivity contribution in [2.45, 2.75) is 38.0 Å². The standard InChI is InChI=1S/C48H42N2/c1-2-41(19-13-16-36-14-5-3-6-15-36)49(42-30-24-38(25-31-42)37-17-7-4-8-18-37)43-32-26-39(27-33-43)40-28-34-44(35-29-40)50-47-22-11-9-20-45(47)46-21-10-12-23-48(46)50/h2-7,9-17,19-24,26-28,30,32-35,40H,1,8,18,25,29,31H2/b16-13+,41-19+. The van der Waals surface area contributed by atoms with Crippen molar-refractivity contribution < 1.29 is 0 Å². The van der Waals surface area contributed by atoms with Crippen molar-refractivity contribution in [1.29, 1.82) is 0 Å². The third-order valence-corrected chi connectivity index (χ3v) is 10.2. The Kier molecular flexibility index (Phi) is 9.00. The summed E-state index contributed by atoms with van der Waals surface area (Å²) in [6.07, 6.45) is 32.1. The highest BCUT2D eigenvalue weighted by Crippen LogP contribution is 2.38. The minimum Gasteiger partial charge on any atom is -0.314 e. The normalized spacial score (nSPS) is 17.8. The van der Waals surface area contributed by atoms with E-state index >= 15 is 0 Å². The summed E-state index contributed by atoms with van der Waals surface area (Å²) in [4.78, 5) is 2.38. The summed E-state index contributed by atoms with van der Waals surface area (Å²) in [5.74, 6) is 0.328. The Morgan fingerprint density at radius 3 is 2.10 bits per heavy atom. The van der Waals surface area contributed by atoms with Gasteiger partial charge in [-0.15, -0.1) is 0 Å². The van der Waals surface area contributed by atoms with Gasteiger partial charge in [-0.1, -0.05) is 134 Å². The van der Waals surface area contributed by atoms with E-state index in [1.165, 1.54) is 55.5 Å². The van der Waals surface area contributed by atoms with E-state index in [1.54, 1.807) is 0 Å². The van der Waals surface area contributed by atoms with Crippen LogP contribution in [-0.2, 0) is 0 Å². The number of fused-ring (bicyclic) bond motifs is 3. The van der Waals surface area contributed by atoms with Gasteiger partial charge in [0, 0.05) is 39.5 Å². The zero-order valence-electron chi connectivity index (χ0n) is 28.5. The third kappa shape index (κ3) is 6.33. The molecule has 2 nitrogen and oxygen atoms in total. The molecule has 4 aromatic carbocycles. The maximum atomic E-state index is 4.25. The minimum absolute atomic E-state index is 0.328. The number of anilines is 1. The van der Waals surface area contributed by atoms with Crippen LogP contribution in [0.25, 0.3) is 33.6 Å². The van der Waals surface area contributed by atoms with Crippen LogP contribution in [0.3, 0.4) is 0 Å². The van der Waals surface area contributed by atoms with E-state index in [0.717, 1.165) is 43.5 Å². The lowest BCUT2D eigenvalue weighted by Crippen LogP contribution is -2.22. The molecule has 8 rings (SSSR count). The van der Waals surface area contributed by atoms with Crippen LogP contribution in [0.5, 0.6) is 0 Å². The molecule has 1 heterocycles. The van der Waals surface area contributed by atoms with E-state index in [-0.39, 0.29) is 0 Å². The first-order chi connectivity index (χ1) is 24.8. The largest absolute Gasteiger partial charge is 0.314 e. The molecule has 244 valence electrons. The lowest BCUT2D eigenvalue weighted by atomic mass is 9.90. The highest BCUT2D eigenvalue weighted by molar-refractivity contribution is 6.10. The zero-order chi connectivity index (χ0) is 33.7. The molecule has 0 N–H and O–H groups in total. The summed E-state index contributed by atoms with van der Waals surface area (Å²) in [7, 11) is 0. The average Bonchev–Trinajstić information content (AvgIpc) is 3.53. The number of hydrogen-bond acceptors (Lipinski definition) is 1. The fourth-order valence-electron chi connectivity index (χ4n) is 7.58. The molecule has 1 atom stereocenters. The second kappa shape index (κ2) is 14.3. The van der Waals surface area contributed by atoms with E-state index < -0.39 is 0 Å². The topological polar surface area (TPSA) is 8.17 Å². The van der Waals surface area contributed by atoms with Crippen LogP contribution in [0.1, 0.15) is 49.1 Å². The van der Waals surface area contributed by atoms with Gasteiger partial charge in [0.2, 0.25) is 0 Å². The zero-order valence-corrected chi connectivity index (χ0v) is 28.5. The Balaban J connectivity index is 1.08. The molecular weight excluding hydrogens is 605 g/mol. The van der Waals surface area contributed by atoms with Gasteiger partial charge in [-0.2, -0.15) is 0 Å². The van der Waals surface area contributed by atoms with Gasteiger partial charge in [0.15, 0.2) is 0 Å². The molecule has 1 unspecified atom stereocenters. The third-order valence-electron chi connectivity index (χ3n) is 10.2. The minimum atomic E-state index is 0.328. The average molecular weight is 647 g/mol. The monoisotopic (exact) mass is 646 g/mol. The number of rotatable bonds is 9. The summed E-state index contributed by atoms with van der Waals surface area (Å²) in [5.41, 5.74) is 12.7. The van der Waals surface area contributed by atoms with E-state index in [2.05, 4.69) is 186 Å². The predicted octanol–water partition coefficient (Wildman–Crippen LogP) is 12.8. The van der Waals surface area contributed by atoms with Gasteiger partial charge >= 0.3 is 0 Å². The van der Waals surface area contributed by atoms with Crippen molar-refractivity contribution in [2.75, 3.05) is 4.90 Å². The van der Waals surface area contributed by atoms with E-state index in [4.69, 9.17) is 0 Å². The Morgan fingerprint density at radius 2 is 1.46 bits per heavy atom. The van der Waals surface area contributed by atoms with Crippen LogP contribution < -0.4 is 4.90 Å². The van der Waals surface area contributed by atoms with Gasteiger partial charge in [-0.05, 0) is 103 Å². The number of benzene rings is 4. The van der Waals surface area contributed by atoms with Crippen LogP contribution in [-0.4, -0.2) is 4.57 Å². The molecule has 0 saturated carbocycles. The SMILES string of the molecule is C=C/C(=C\C=C\c1ccccc1)N(C1=CC=C(C2=CC=CCC2)CC1)c1ccc(C2C=CC(n3c4ccccc4c4ccccc43)=CC2)cc1. The number of allylic oxidation sites excluding steroid dienone is 15. The molecule has 2 heteroatoms. The Bertz CT molecular complexity index is 2240. The van der Waals surface area contributed by atoms with Gasteiger partial charge in [0.25, 0.3) is 0 Å². The van der Waals surface area contributed by atoms with Crippen molar-refractivity contribution in [3.63, 3.8) is 0 Å². The lowest BCUT2D eigenvalue weighted by Gasteiger charge is -2.31. The van der Waals surface area contributed by atoms with Gasteiger partial charge in [-0.3, -0.25) is 0 Å². The Labute approximate surface area is 296 Å². The molecule has 0 spiro atoms. The van der Waals surface area contributed by atoms with E-state index in [9.17, 15) is 0 Å². The summed E-state index contributed by atoms with van der Waals surface area (Å²) >= 11 is 0. The van der Waals surface area contributed by atoms with Crippen LogP contribution >= 0.6 is 0 Å². The summed E-state index contributed by atoms with van der Waals surface area (Å²) in [5, 5.41) is 2.59. The van der Waals surface area contributed by atoms with Gasteiger partial charge < -0.3 is 9.47 Å². The molecule has 3 aliphatic carbocycles. The fraction of sp³-hybridized carbons (Fsp3) is 0.125. The molecule has 1 aromatic heterocycles. The Morgan fingerprint density at radius 1 is 0.740 bits per heavy atom. The molecule has 5 aromatic rings. The second-order valence-electron chi connectivity index (χ2n) is 13.2. The first-order valence-corrected chi connectivity index (χ1v) is 17.9. The molecule has 3 aliphatic rings. The number of aromatic nitrogens is 1. The van der Waals surface area contributed by atoms with Crippen molar-refractivity contribution in [3.8, 4) is 0 Å². The molecule has 0 bridgehead atoms. The van der Waals surface area contributed by atoms with Crippen molar-refractivity contribution in [1.82, 2.24) is 4.57 Å². The number of hydrogen-bond donors (Lipinski definition) is 0. The maximum Gasteiger partial charge on any atom is 0.0540 e. The maximum absolute atomic E-state index is 4.25. The Hall–Kier alpha value is -5.86. The molecule has 0 amide bonds. The fourth-order valence-corrected chi connectivity index (χ4v) is 7.58. The quantitative estimate of drug-likeness (QED) is 0.145. The first kappa shape index (κ1) is 31.4. The van der Waals surface area contributed by atoms with E-state index in [0.29, 0.717) is 5.92 Å². The number of nitrogens with zero attached hydrogens (tertiary/aromatic N) is 2. The van der Waals surface area contributed by atoms with Crippen LogP contribution in [0.15, 0.2) is 199 Å². The van der Waals surface area contributed by atoms with Gasteiger partial charge in [0.05, 0.1) is 11.0 Å². The molecule has 0 aliphatic heterocycles. The smallest absolute Gasteiger partial charge is 0.0540 e. The van der Waals surface area contributed by atoms with Gasteiger partial charge in [0.1, 0.15) is 0 Å². The van der Waals surface area contributed by atoms with Crippen molar-refractivity contribution >= 4 is 39.3 Å². The van der Waals surface area contributed by atoms with Gasteiger partial charge in [-0.25, -0.2) is 0 Å². The van der Waals surface area contributed by atoms with Crippen LogP contribution in [0.2, 0.25) is 0 Å². The summed E-state index contributed by atoms with van der Waals surface area (Å²) in [6, 6.07) is 37.1. The second-order valence-corrected chi connectivity index (χ2v) is 13.2. The predicted molar refractivity (Wildman–Crippen MR) is 215 cm³/mol. The highest BCUT2D eigenvalue weighted by atomic mass is 15.2. The lowest BCUT2D eigenvalue weighted by molar-refractivity contribution is 0.839. The molecule has 0 fully saturated rings. The molecule has 0 radical (unpaired) electrons. The van der Waals surface area contributed by atoms with Crippen LogP contribution in [0.4, 0.5) is 5.69 Å². The van der Waals surface area contributed by atoms with Crippen molar-refractivity contribution in [3.05, 3.63) is 210 Å². The van der Waals surface area contributed by atoms with E-state index in [1.807, 2.05) is 6.08 Å². The first-order valence-electron chi connectivity index (χ1n) is 17.9. The van der Waals surface area contributed by atoms with Crippen molar-refractivity contribution in [2.24, 2.45) is 0 Å². The molecule has 0 saturated heterocycles. The highest BCUT2D eigenvalue weighted by Gasteiger charge is 2.21. The summed E-state index contributed by atoms with van der Waals surface area (Å²) in [6.45, 7) is 4.25. The van der Waals surface area contributed by atoms with Crippen LogP contribution in [0, 0.1) is 0 Å².